The molecule has 4 rings (SSSR count). The van der Waals surface area contributed by atoms with Crippen LogP contribution in [-0.2, 0) is 0 Å². The van der Waals surface area contributed by atoms with E-state index in [-0.39, 0.29) is 5.75 Å². The van der Waals surface area contributed by atoms with Crippen molar-refractivity contribution in [2.24, 2.45) is 0 Å². The van der Waals surface area contributed by atoms with Gasteiger partial charge in [0.1, 0.15) is 5.75 Å². The number of hydrogen-bond acceptors (Lipinski definition) is 3. The van der Waals surface area contributed by atoms with Gasteiger partial charge in [0.05, 0.1) is 11.4 Å². The second-order valence-corrected chi connectivity index (χ2v) is 7.26. The lowest BCUT2D eigenvalue weighted by molar-refractivity contribution is 0.475. The molecule has 0 saturated heterocycles. The van der Waals surface area contributed by atoms with Gasteiger partial charge in [-0.1, -0.05) is 54.6 Å². The average molecular weight is 395 g/mol. The Hall–Kier alpha value is -3.59. The van der Waals surface area contributed by atoms with Crippen molar-refractivity contribution in [2.75, 3.05) is 18.0 Å². The van der Waals surface area contributed by atoms with Crippen molar-refractivity contribution in [3.05, 3.63) is 91.0 Å². The van der Waals surface area contributed by atoms with E-state index < -0.39 is 0 Å². The molecule has 0 aliphatic carbocycles. The molecule has 0 unspecified atom stereocenters. The molecule has 1 N–H and O–H groups in total. The number of phenols is 1. The van der Waals surface area contributed by atoms with E-state index in [1.807, 2.05) is 30.3 Å². The molecular weight excluding hydrogens is 368 g/mol. The van der Waals surface area contributed by atoms with Crippen molar-refractivity contribution in [2.45, 2.75) is 13.8 Å². The zero-order valence-electron chi connectivity index (χ0n) is 17.4. The minimum Gasteiger partial charge on any atom is -0.508 e. The molecule has 3 aromatic carbocycles. The summed E-state index contributed by atoms with van der Waals surface area (Å²) in [5.74, 6) is 0.240. The maximum Gasteiger partial charge on any atom is 0.116 e. The molecule has 0 amide bonds. The van der Waals surface area contributed by atoms with Gasteiger partial charge in [-0.05, 0) is 61.4 Å². The summed E-state index contributed by atoms with van der Waals surface area (Å²) in [5.41, 5.74) is 7.21. The fourth-order valence-electron chi connectivity index (χ4n) is 3.72. The number of pyridine rings is 1. The van der Waals surface area contributed by atoms with Gasteiger partial charge in [0.15, 0.2) is 0 Å². The molecule has 150 valence electrons. The maximum absolute atomic E-state index is 9.94. The highest BCUT2D eigenvalue weighted by Crippen LogP contribution is 2.32. The molecule has 0 radical (unpaired) electrons. The predicted molar refractivity (Wildman–Crippen MR) is 126 cm³/mol. The van der Waals surface area contributed by atoms with E-state index in [2.05, 4.69) is 67.3 Å². The van der Waals surface area contributed by atoms with E-state index in [1.54, 1.807) is 12.1 Å². The van der Waals surface area contributed by atoms with Crippen LogP contribution in [0.4, 0.5) is 5.69 Å². The summed E-state index contributed by atoms with van der Waals surface area (Å²) in [4.78, 5) is 7.23. The highest BCUT2D eigenvalue weighted by molar-refractivity contribution is 5.77. The van der Waals surface area contributed by atoms with Crippen LogP contribution in [0.2, 0.25) is 0 Å². The summed E-state index contributed by atoms with van der Waals surface area (Å²) in [5, 5.41) is 9.94. The minimum absolute atomic E-state index is 0.240. The predicted octanol–water partition coefficient (Wildman–Crippen LogP) is 6.63. The van der Waals surface area contributed by atoms with Crippen LogP contribution in [0.1, 0.15) is 13.8 Å². The Labute approximate surface area is 178 Å². The molecular formula is C27H26N2O. The summed E-state index contributed by atoms with van der Waals surface area (Å²) < 4.78 is 0. The molecule has 1 aromatic heterocycles. The lowest BCUT2D eigenvalue weighted by atomic mass is 9.99. The summed E-state index contributed by atoms with van der Waals surface area (Å²) in [7, 11) is 0. The summed E-state index contributed by atoms with van der Waals surface area (Å²) in [6.07, 6.45) is 0. The minimum atomic E-state index is 0.240. The highest BCUT2D eigenvalue weighted by atomic mass is 16.3. The van der Waals surface area contributed by atoms with Crippen LogP contribution in [0.5, 0.6) is 5.75 Å². The Morgan fingerprint density at radius 3 is 1.90 bits per heavy atom. The molecule has 3 heteroatoms. The van der Waals surface area contributed by atoms with Crippen LogP contribution in [0.25, 0.3) is 33.6 Å². The van der Waals surface area contributed by atoms with Gasteiger partial charge in [-0.2, -0.15) is 0 Å². The third kappa shape index (κ3) is 4.20. The first-order valence-electron chi connectivity index (χ1n) is 10.4. The topological polar surface area (TPSA) is 36.4 Å². The second kappa shape index (κ2) is 8.83. The van der Waals surface area contributed by atoms with Gasteiger partial charge >= 0.3 is 0 Å². The lowest BCUT2D eigenvalue weighted by Gasteiger charge is -2.21. The molecule has 0 atom stereocenters. The van der Waals surface area contributed by atoms with E-state index in [0.717, 1.165) is 46.7 Å². The molecule has 0 saturated carbocycles. The zero-order chi connectivity index (χ0) is 20.9. The number of phenolic OH excluding ortho intramolecular Hbond substituents is 1. The van der Waals surface area contributed by atoms with Crippen LogP contribution in [0, 0.1) is 0 Å². The van der Waals surface area contributed by atoms with Gasteiger partial charge in [-0.3, -0.25) is 0 Å². The SMILES string of the molecule is CCN(CC)c1ccc(-c2cc(-c3ccccc3)nc(-c3cccc(O)c3)c2)cc1. The average Bonchev–Trinajstić information content (AvgIpc) is 2.81. The third-order valence-electron chi connectivity index (χ3n) is 5.37. The van der Waals surface area contributed by atoms with Gasteiger partial charge in [0.25, 0.3) is 0 Å². The van der Waals surface area contributed by atoms with Crippen molar-refractivity contribution in [1.82, 2.24) is 4.98 Å². The largest absolute Gasteiger partial charge is 0.508 e. The van der Waals surface area contributed by atoms with Gasteiger partial charge in [0.2, 0.25) is 0 Å². The van der Waals surface area contributed by atoms with Crippen LogP contribution < -0.4 is 4.90 Å². The monoisotopic (exact) mass is 394 g/mol. The number of benzene rings is 3. The van der Waals surface area contributed by atoms with E-state index in [9.17, 15) is 5.11 Å². The normalized spacial score (nSPS) is 10.7. The van der Waals surface area contributed by atoms with Gasteiger partial charge < -0.3 is 10.0 Å². The smallest absolute Gasteiger partial charge is 0.116 e. The van der Waals surface area contributed by atoms with Crippen molar-refractivity contribution in [3.8, 4) is 39.4 Å². The first kappa shape index (κ1) is 19.7. The summed E-state index contributed by atoms with van der Waals surface area (Å²) >= 11 is 0. The Bertz CT molecular complexity index is 1120. The fourth-order valence-corrected chi connectivity index (χ4v) is 3.72. The third-order valence-corrected chi connectivity index (χ3v) is 5.37. The lowest BCUT2D eigenvalue weighted by Crippen LogP contribution is -2.21. The maximum atomic E-state index is 9.94. The number of rotatable bonds is 6. The molecule has 0 aliphatic rings. The standard InChI is InChI=1S/C27H26N2O/c1-3-29(4-2)24-15-13-20(14-16-24)23-18-26(21-9-6-5-7-10-21)28-27(19-23)22-11-8-12-25(30)17-22/h5-19,30H,3-4H2,1-2H3. The van der Waals surface area contributed by atoms with Crippen LogP contribution in [0.3, 0.4) is 0 Å². The number of aromatic hydroxyl groups is 1. The first-order valence-corrected chi connectivity index (χ1v) is 10.4. The zero-order valence-corrected chi connectivity index (χ0v) is 17.4. The van der Waals surface area contributed by atoms with Gasteiger partial charge in [-0.15, -0.1) is 0 Å². The number of hydrogen-bond donors (Lipinski definition) is 1. The molecule has 1 heterocycles. The number of anilines is 1. The quantitative estimate of drug-likeness (QED) is 0.398. The van der Waals surface area contributed by atoms with Crippen molar-refractivity contribution in [3.63, 3.8) is 0 Å². The Kier molecular flexibility index (Phi) is 5.80. The Morgan fingerprint density at radius 2 is 1.27 bits per heavy atom. The van der Waals surface area contributed by atoms with Crippen LogP contribution in [0.15, 0.2) is 91.0 Å². The van der Waals surface area contributed by atoms with E-state index in [4.69, 9.17) is 4.98 Å². The molecule has 0 bridgehead atoms. The molecule has 3 nitrogen and oxygen atoms in total. The molecule has 0 aliphatic heterocycles. The van der Waals surface area contributed by atoms with Crippen molar-refractivity contribution in [1.29, 1.82) is 0 Å². The summed E-state index contributed by atoms with van der Waals surface area (Å²) in [6, 6.07) is 30.4. The van der Waals surface area contributed by atoms with Gasteiger partial charge in [-0.25, -0.2) is 4.98 Å². The Balaban J connectivity index is 1.82. The van der Waals surface area contributed by atoms with Crippen molar-refractivity contribution < 1.29 is 5.11 Å². The van der Waals surface area contributed by atoms with E-state index >= 15 is 0 Å². The molecule has 30 heavy (non-hydrogen) atoms. The Morgan fingerprint density at radius 1 is 0.633 bits per heavy atom. The van der Waals surface area contributed by atoms with Crippen LogP contribution >= 0.6 is 0 Å². The second-order valence-electron chi connectivity index (χ2n) is 7.26. The highest BCUT2D eigenvalue weighted by Gasteiger charge is 2.10. The molecule has 4 aromatic rings. The molecule has 0 spiro atoms. The van der Waals surface area contributed by atoms with Crippen LogP contribution in [-0.4, -0.2) is 23.2 Å². The molecule has 0 fully saturated rings. The number of aromatic nitrogens is 1. The first-order chi connectivity index (χ1) is 14.7. The fraction of sp³-hybridized carbons (Fsp3) is 0.148. The van der Waals surface area contributed by atoms with E-state index in [1.165, 1.54) is 5.69 Å². The summed E-state index contributed by atoms with van der Waals surface area (Å²) in [6.45, 7) is 6.33. The number of nitrogens with zero attached hydrogens (tertiary/aromatic N) is 2. The van der Waals surface area contributed by atoms with Crippen molar-refractivity contribution >= 4 is 5.69 Å². The van der Waals surface area contributed by atoms with E-state index in [0.29, 0.717) is 0 Å². The van der Waals surface area contributed by atoms with Gasteiger partial charge in [0, 0.05) is 29.9 Å².